The van der Waals surface area contributed by atoms with Crippen molar-refractivity contribution in [3.05, 3.63) is 29.8 Å². The number of benzene rings is 1. The van der Waals surface area contributed by atoms with Gasteiger partial charge < -0.3 is 15.0 Å². The average molecular weight is 271 g/mol. The Morgan fingerprint density at radius 1 is 1.39 bits per heavy atom. The molecule has 1 aromatic carbocycles. The van der Waals surface area contributed by atoms with Crippen LogP contribution in [-0.4, -0.2) is 45.6 Å². The van der Waals surface area contributed by atoms with Gasteiger partial charge in [0.25, 0.3) is 5.91 Å². The molecule has 0 atom stereocenters. The number of amides is 1. The molecule has 0 heterocycles. The average Bonchev–Trinajstić information content (AvgIpc) is 2.38. The van der Waals surface area contributed by atoms with Gasteiger partial charge in [-0.3, -0.25) is 4.79 Å². The summed E-state index contributed by atoms with van der Waals surface area (Å²) in [6.45, 7) is 1.47. The van der Waals surface area contributed by atoms with Crippen molar-refractivity contribution in [1.82, 2.24) is 5.32 Å². The highest BCUT2D eigenvalue weighted by atomic mass is 35.5. The summed E-state index contributed by atoms with van der Waals surface area (Å²) in [4.78, 5) is 13.8. The summed E-state index contributed by atoms with van der Waals surface area (Å²) in [5.74, 6) is 0.381. The number of alkyl halides is 1. The van der Waals surface area contributed by atoms with Crippen molar-refractivity contribution in [1.29, 1.82) is 0 Å². The first-order chi connectivity index (χ1) is 8.65. The van der Waals surface area contributed by atoms with Crippen molar-refractivity contribution in [2.24, 2.45) is 0 Å². The minimum absolute atomic E-state index is 0.0897. The maximum absolute atomic E-state index is 11.8. The number of carbonyl (C=O) groups is 1. The van der Waals surface area contributed by atoms with Gasteiger partial charge in [0.15, 0.2) is 0 Å². The summed E-state index contributed by atoms with van der Waals surface area (Å²) >= 11 is 5.47. The van der Waals surface area contributed by atoms with Crippen LogP contribution in [0.25, 0.3) is 0 Å². The number of nitrogens with zero attached hydrogens (tertiary/aromatic N) is 1. The summed E-state index contributed by atoms with van der Waals surface area (Å²) < 4.78 is 5.18. The molecule has 5 heteroatoms. The number of rotatable bonds is 7. The Labute approximate surface area is 113 Å². The first kappa shape index (κ1) is 14.8. The van der Waals surface area contributed by atoms with Crippen molar-refractivity contribution in [2.75, 3.05) is 44.6 Å². The second-order valence-electron chi connectivity index (χ2n) is 4.00. The third-order valence-electron chi connectivity index (χ3n) is 2.38. The Kier molecular flexibility index (Phi) is 6.54. The Morgan fingerprint density at radius 2 is 2.17 bits per heavy atom. The van der Waals surface area contributed by atoms with Crippen LogP contribution in [-0.2, 0) is 4.74 Å². The van der Waals surface area contributed by atoms with Crippen LogP contribution in [0.4, 0.5) is 5.69 Å². The lowest BCUT2D eigenvalue weighted by molar-refractivity contribution is 0.0923. The van der Waals surface area contributed by atoms with Crippen LogP contribution in [0.5, 0.6) is 0 Å². The van der Waals surface area contributed by atoms with Crippen LogP contribution in [0.1, 0.15) is 10.4 Å². The fourth-order valence-electron chi connectivity index (χ4n) is 1.42. The van der Waals surface area contributed by atoms with Gasteiger partial charge in [-0.25, -0.2) is 0 Å². The number of ether oxygens (including phenoxy) is 1. The highest BCUT2D eigenvalue weighted by Crippen LogP contribution is 2.13. The maximum Gasteiger partial charge on any atom is 0.251 e. The van der Waals surface area contributed by atoms with Crippen LogP contribution in [0.3, 0.4) is 0 Å². The molecule has 0 saturated heterocycles. The zero-order chi connectivity index (χ0) is 13.4. The molecule has 1 aromatic rings. The predicted molar refractivity (Wildman–Crippen MR) is 74.6 cm³/mol. The molecule has 0 unspecified atom stereocenters. The number of hydrogen-bond donors (Lipinski definition) is 1. The van der Waals surface area contributed by atoms with Crippen molar-refractivity contribution in [2.45, 2.75) is 0 Å². The van der Waals surface area contributed by atoms with E-state index >= 15 is 0 Å². The number of carbonyl (C=O) groups excluding carboxylic acids is 1. The molecule has 0 fully saturated rings. The van der Waals surface area contributed by atoms with E-state index in [0.717, 1.165) is 5.69 Å². The smallest absolute Gasteiger partial charge is 0.251 e. The SMILES string of the molecule is CN(C)c1cccc(C(=O)NCCOCCCl)c1. The summed E-state index contributed by atoms with van der Waals surface area (Å²) in [5.41, 5.74) is 1.65. The molecule has 0 aliphatic carbocycles. The quantitative estimate of drug-likeness (QED) is 0.606. The van der Waals surface area contributed by atoms with E-state index < -0.39 is 0 Å². The number of nitrogens with one attached hydrogen (secondary N) is 1. The van der Waals surface area contributed by atoms with E-state index in [9.17, 15) is 4.79 Å². The summed E-state index contributed by atoms with van der Waals surface area (Å²) in [6.07, 6.45) is 0. The van der Waals surface area contributed by atoms with Crippen molar-refractivity contribution < 1.29 is 9.53 Å². The summed E-state index contributed by atoms with van der Waals surface area (Å²) in [7, 11) is 3.88. The van der Waals surface area contributed by atoms with Gasteiger partial charge in [0, 0.05) is 37.8 Å². The lowest BCUT2D eigenvalue weighted by Gasteiger charge is -2.13. The molecule has 0 saturated carbocycles. The first-order valence-corrected chi connectivity index (χ1v) is 6.38. The summed E-state index contributed by atoms with van der Waals surface area (Å²) in [6, 6.07) is 7.48. The third-order valence-corrected chi connectivity index (χ3v) is 2.53. The van der Waals surface area contributed by atoms with Gasteiger partial charge >= 0.3 is 0 Å². The van der Waals surface area contributed by atoms with Gasteiger partial charge in [-0.15, -0.1) is 11.6 Å². The number of anilines is 1. The van der Waals surface area contributed by atoms with Crippen molar-refractivity contribution in [3.8, 4) is 0 Å². The molecular formula is C13H19ClN2O2. The lowest BCUT2D eigenvalue weighted by Crippen LogP contribution is -2.27. The molecular weight excluding hydrogens is 252 g/mol. The monoisotopic (exact) mass is 270 g/mol. The van der Waals surface area contributed by atoms with Crippen LogP contribution < -0.4 is 10.2 Å². The zero-order valence-electron chi connectivity index (χ0n) is 10.8. The van der Waals surface area contributed by atoms with Crippen LogP contribution in [0.15, 0.2) is 24.3 Å². The van der Waals surface area contributed by atoms with Crippen LogP contribution >= 0.6 is 11.6 Å². The van der Waals surface area contributed by atoms with Gasteiger partial charge in [0.05, 0.1) is 13.2 Å². The van der Waals surface area contributed by atoms with E-state index in [1.165, 1.54) is 0 Å². The van der Waals surface area contributed by atoms with E-state index in [1.54, 1.807) is 6.07 Å². The zero-order valence-corrected chi connectivity index (χ0v) is 11.5. The van der Waals surface area contributed by atoms with Crippen molar-refractivity contribution in [3.63, 3.8) is 0 Å². The van der Waals surface area contributed by atoms with Crippen LogP contribution in [0, 0.1) is 0 Å². The van der Waals surface area contributed by atoms with Crippen molar-refractivity contribution >= 4 is 23.2 Å². The van der Waals surface area contributed by atoms with Gasteiger partial charge in [-0.05, 0) is 18.2 Å². The first-order valence-electron chi connectivity index (χ1n) is 5.84. The standard InChI is InChI=1S/C13H19ClN2O2/c1-16(2)12-5-3-4-11(10-12)13(17)15-7-9-18-8-6-14/h3-5,10H,6-9H2,1-2H3,(H,15,17). The highest BCUT2D eigenvalue weighted by molar-refractivity contribution is 6.17. The molecule has 0 bridgehead atoms. The van der Waals surface area contributed by atoms with Gasteiger partial charge in [0.2, 0.25) is 0 Å². The normalized spacial score (nSPS) is 10.2. The molecule has 1 N–H and O–H groups in total. The number of hydrogen-bond acceptors (Lipinski definition) is 3. The maximum atomic E-state index is 11.8. The molecule has 0 aliphatic heterocycles. The van der Waals surface area contributed by atoms with E-state index in [0.29, 0.717) is 31.2 Å². The molecule has 0 aromatic heterocycles. The minimum atomic E-state index is -0.0897. The van der Waals surface area contributed by atoms with Gasteiger partial charge in [-0.1, -0.05) is 6.07 Å². The Bertz CT molecular complexity index is 383. The molecule has 1 rings (SSSR count). The second-order valence-corrected chi connectivity index (χ2v) is 4.38. The van der Waals surface area contributed by atoms with Gasteiger partial charge in [0.1, 0.15) is 0 Å². The second kappa shape index (κ2) is 7.95. The van der Waals surface area contributed by atoms with Crippen LogP contribution in [0.2, 0.25) is 0 Å². The molecule has 18 heavy (non-hydrogen) atoms. The molecule has 100 valence electrons. The third kappa shape index (κ3) is 4.94. The molecule has 0 spiro atoms. The lowest BCUT2D eigenvalue weighted by atomic mass is 10.2. The van der Waals surface area contributed by atoms with E-state index in [-0.39, 0.29) is 5.91 Å². The molecule has 0 aliphatic rings. The molecule has 0 radical (unpaired) electrons. The Morgan fingerprint density at radius 3 is 2.83 bits per heavy atom. The highest BCUT2D eigenvalue weighted by Gasteiger charge is 2.06. The molecule has 4 nitrogen and oxygen atoms in total. The van der Waals surface area contributed by atoms with E-state index in [1.807, 2.05) is 37.2 Å². The largest absolute Gasteiger partial charge is 0.378 e. The summed E-state index contributed by atoms with van der Waals surface area (Å²) in [5, 5.41) is 2.80. The molecule has 1 amide bonds. The fourth-order valence-corrected chi connectivity index (χ4v) is 1.53. The Balaban J connectivity index is 2.44. The fraction of sp³-hybridized carbons (Fsp3) is 0.462. The minimum Gasteiger partial charge on any atom is -0.378 e. The van der Waals surface area contributed by atoms with E-state index in [2.05, 4.69) is 5.32 Å². The van der Waals surface area contributed by atoms with Gasteiger partial charge in [-0.2, -0.15) is 0 Å². The predicted octanol–water partition coefficient (Wildman–Crippen LogP) is 1.74. The van der Waals surface area contributed by atoms with E-state index in [4.69, 9.17) is 16.3 Å². The Hall–Kier alpha value is -1.26. The topological polar surface area (TPSA) is 41.6 Å². The number of halogens is 1.